The molecular formula is C14H9FN6O4. The number of hydrogen-bond donors (Lipinski definition) is 2. The van der Waals surface area contributed by atoms with Crippen LogP contribution in [0.25, 0.3) is 10.9 Å². The molecule has 0 fully saturated rings. The fourth-order valence-corrected chi connectivity index (χ4v) is 1.85. The van der Waals surface area contributed by atoms with Crippen molar-refractivity contribution < 1.29 is 14.2 Å². The molecule has 0 amide bonds. The van der Waals surface area contributed by atoms with Crippen molar-refractivity contribution in [2.45, 2.75) is 0 Å². The number of H-pyrrole nitrogens is 1. The Morgan fingerprint density at radius 3 is 2.32 bits per heavy atom. The van der Waals surface area contributed by atoms with Crippen LogP contribution in [-0.4, -0.2) is 20.0 Å². The van der Waals surface area contributed by atoms with Crippen LogP contribution in [0.3, 0.4) is 0 Å². The Morgan fingerprint density at radius 2 is 1.72 bits per heavy atom. The van der Waals surface area contributed by atoms with E-state index in [1.807, 2.05) is 0 Å². The molecule has 1 aromatic heterocycles. The van der Waals surface area contributed by atoms with E-state index >= 15 is 0 Å². The maximum Gasteiger partial charge on any atom is 0.270 e. The molecule has 25 heavy (non-hydrogen) atoms. The summed E-state index contributed by atoms with van der Waals surface area (Å²) in [5.41, 5.74) is 5.59. The van der Waals surface area contributed by atoms with Crippen molar-refractivity contribution in [1.29, 1.82) is 5.26 Å². The number of nitrogen functional groups attached to an aromatic ring is 1. The summed E-state index contributed by atoms with van der Waals surface area (Å²) in [6.45, 7) is 0. The van der Waals surface area contributed by atoms with Crippen molar-refractivity contribution in [2.75, 3.05) is 5.73 Å². The molecule has 0 atom stereocenters. The van der Waals surface area contributed by atoms with Crippen molar-refractivity contribution in [3.8, 4) is 6.07 Å². The summed E-state index contributed by atoms with van der Waals surface area (Å²) in [7, 11) is 0. The highest BCUT2D eigenvalue weighted by molar-refractivity contribution is 5.90. The Balaban J connectivity index is 0.000000181. The van der Waals surface area contributed by atoms with E-state index < -0.39 is 15.7 Å². The first-order valence-corrected chi connectivity index (χ1v) is 6.55. The molecule has 0 spiro atoms. The zero-order valence-electron chi connectivity index (χ0n) is 12.3. The number of nitro groups is 2. The minimum absolute atomic E-state index is 0.0144. The Kier molecular flexibility index (Phi) is 4.84. The lowest BCUT2D eigenvalue weighted by Gasteiger charge is -1.92. The van der Waals surface area contributed by atoms with E-state index in [0.717, 1.165) is 18.2 Å². The minimum Gasteiger partial charge on any atom is -0.382 e. The number of nitro benzene ring substituents is 2. The highest BCUT2D eigenvalue weighted by atomic mass is 19.1. The number of non-ortho nitro benzene ring substituents is 2. The van der Waals surface area contributed by atoms with E-state index in [4.69, 9.17) is 11.0 Å². The summed E-state index contributed by atoms with van der Waals surface area (Å²) in [6, 6.07) is 8.70. The van der Waals surface area contributed by atoms with Crippen LogP contribution in [0.4, 0.5) is 21.6 Å². The lowest BCUT2D eigenvalue weighted by atomic mass is 10.2. The fraction of sp³-hybridized carbons (Fsp3) is 0. The number of nitrogens with two attached hydrogens (primary N) is 1. The molecule has 0 aliphatic heterocycles. The average molecular weight is 344 g/mol. The van der Waals surface area contributed by atoms with E-state index in [-0.39, 0.29) is 22.8 Å². The van der Waals surface area contributed by atoms with Crippen molar-refractivity contribution in [1.82, 2.24) is 10.2 Å². The molecule has 0 bridgehead atoms. The summed E-state index contributed by atoms with van der Waals surface area (Å²) >= 11 is 0. The number of rotatable bonds is 2. The number of aromatic nitrogens is 2. The molecule has 0 unspecified atom stereocenters. The van der Waals surface area contributed by atoms with E-state index in [2.05, 4.69) is 10.2 Å². The molecule has 3 aromatic rings. The SMILES string of the molecule is N#Cc1cc([N+](=O)[O-])ccc1F.Nc1n[nH]c2ccc([N+](=O)[O-])cc12. The molecule has 2 aromatic carbocycles. The van der Waals surface area contributed by atoms with Gasteiger partial charge in [0.25, 0.3) is 11.4 Å². The highest BCUT2D eigenvalue weighted by Gasteiger charge is 2.10. The third-order valence-corrected chi connectivity index (χ3v) is 3.07. The van der Waals surface area contributed by atoms with Gasteiger partial charge in [0, 0.05) is 24.3 Å². The molecule has 0 radical (unpaired) electrons. The van der Waals surface area contributed by atoms with Crippen LogP contribution < -0.4 is 5.73 Å². The van der Waals surface area contributed by atoms with Gasteiger partial charge in [0.1, 0.15) is 11.9 Å². The van der Waals surface area contributed by atoms with Crippen LogP contribution in [0.2, 0.25) is 0 Å². The van der Waals surface area contributed by atoms with Gasteiger partial charge in [-0.2, -0.15) is 10.4 Å². The van der Waals surface area contributed by atoms with Crippen molar-refractivity contribution >= 4 is 28.1 Å². The maximum absolute atomic E-state index is 12.6. The van der Waals surface area contributed by atoms with Gasteiger partial charge in [-0.3, -0.25) is 25.3 Å². The number of nitriles is 1. The molecule has 0 aliphatic rings. The number of nitrogens with zero attached hydrogens (tertiary/aromatic N) is 4. The molecule has 10 nitrogen and oxygen atoms in total. The predicted molar refractivity (Wildman–Crippen MR) is 84.9 cm³/mol. The standard InChI is InChI=1S/C7H3FN2O2.C7H6N4O2/c8-7-2-1-6(10(11)12)3-5(7)4-9;8-7-5-3-4(11(12)13)1-2-6(5)9-10-7/h1-3H;1-3H,(H3,8,9,10). The van der Waals surface area contributed by atoms with Crippen molar-refractivity contribution in [3.05, 3.63) is 68.0 Å². The summed E-state index contributed by atoms with van der Waals surface area (Å²) < 4.78 is 12.6. The smallest absolute Gasteiger partial charge is 0.270 e. The number of nitrogens with one attached hydrogen (secondary N) is 1. The third kappa shape index (κ3) is 3.82. The molecule has 1 heterocycles. The summed E-state index contributed by atoms with van der Waals surface area (Å²) in [5, 5.41) is 35.8. The molecule has 0 saturated heterocycles. The topological polar surface area (TPSA) is 165 Å². The Labute approximate surface area is 138 Å². The van der Waals surface area contributed by atoms with E-state index in [1.54, 1.807) is 6.07 Å². The van der Waals surface area contributed by atoms with Crippen LogP contribution in [0.1, 0.15) is 5.56 Å². The minimum atomic E-state index is -0.747. The molecule has 3 rings (SSSR count). The van der Waals surface area contributed by atoms with Crippen LogP contribution in [0, 0.1) is 37.4 Å². The van der Waals surface area contributed by atoms with Gasteiger partial charge in [-0.25, -0.2) is 4.39 Å². The maximum atomic E-state index is 12.6. The second-order valence-corrected chi connectivity index (χ2v) is 4.63. The van der Waals surface area contributed by atoms with Crippen molar-refractivity contribution in [3.63, 3.8) is 0 Å². The van der Waals surface area contributed by atoms with E-state index in [0.29, 0.717) is 10.9 Å². The molecule has 11 heteroatoms. The Hall–Kier alpha value is -4.07. The van der Waals surface area contributed by atoms with Crippen LogP contribution >= 0.6 is 0 Å². The van der Waals surface area contributed by atoms with Gasteiger partial charge in [0.2, 0.25) is 0 Å². The van der Waals surface area contributed by atoms with Gasteiger partial charge in [-0.15, -0.1) is 0 Å². The molecule has 126 valence electrons. The Morgan fingerprint density at radius 1 is 1.12 bits per heavy atom. The van der Waals surface area contributed by atoms with Gasteiger partial charge in [0.05, 0.1) is 26.3 Å². The quantitative estimate of drug-likeness (QED) is 0.532. The third-order valence-electron chi connectivity index (χ3n) is 3.07. The second-order valence-electron chi connectivity index (χ2n) is 4.63. The molecule has 0 aliphatic carbocycles. The van der Waals surface area contributed by atoms with Gasteiger partial charge >= 0.3 is 0 Å². The number of fused-ring (bicyclic) bond motifs is 1. The lowest BCUT2D eigenvalue weighted by molar-refractivity contribution is -0.385. The van der Waals surface area contributed by atoms with Crippen molar-refractivity contribution in [2.24, 2.45) is 0 Å². The normalized spacial score (nSPS) is 9.76. The van der Waals surface area contributed by atoms with Gasteiger partial charge in [-0.05, 0) is 12.1 Å². The van der Waals surface area contributed by atoms with Crippen LogP contribution in [0.5, 0.6) is 0 Å². The monoisotopic (exact) mass is 344 g/mol. The zero-order chi connectivity index (χ0) is 18.6. The first kappa shape index (κ1) is 17.3. The van der Waals surface area contributed by atoms with Gasteiger partial charge in [0.15, 0.2) is 5.82 Å². The van der Waals surface area contributed by atoms with Gasteiger partial charge in [-0.1, -0.05) is 0 Å². The summed E-state index contributed by atoms with van der Waals surface area (Å²) in [4.78, 5) is 19.4. The Bertz CT molecular complexity index is 1010. The second kappa shape index (κ2) is 7.01. The largest absolute Gasteiger partial charge is 0.382 e. The molecule has 3 N–H and O–H groups in total. The molecule has 0 saturated carbocycles. The number of anilines is 1. The predicted octanol–water partition coefficient (Wildman–Crippen LogP) is 2.66. The number of halogens is 1. The van der Waals surface area contributed by atoms with E-state index in [9.17, 15) is 24.6 Å². The summed E-state index contributed by atoms with van der Waals surface area (Å²) in [6.07, 6.45) is 0. The fourth-order valence-electron chi connectivity index (χ4n) is 1.85. The first-order valence-electron chi connectivity index (χ1n) is 6.55. The van der Waals surface area contributed by atoms with Crippen LogP contribution in [-0.2, 0) is 0 Å². The average Bonchev–Trinajstić information content (AvgIpc) is 2.96. The zero-order valence-corrected chi connectivity index (χ0v) is 12.3. The number of benzene rings is 2. The summed E-state index contributed by atoms with van der Waals surface area (Å²) in [5.74, 6) is -0.471. The van der Waals surface area contributed by atoms with Gasteiger partial charge < -0.3 is 5.73 Å². The van der Waals surface area contributed by atoms with E-state index in [1.165, 1.54) is 18.2 Å². The number of aromatic amines is 1. The highest BCUT2D eigenvalue weighted by Crippen LogP contribution is 2.22. The first-order chi connectivity index (χ1) is 11.8. The number of hydrogen-bond acceptors (Lipinski definition) is 7. The lowest BCUT2D eigenvalue weighted by Crippen LogP contribution is -1.90. The van der Waals surface area contributed by atoms with Crippen LogP contribution in [0.15, 0.2) is 36.4 Å². The molecular weight excluding hydrogens is 335 g/mol.